The number of ketones is 1. The fourth-order valence-electron chi connectivity index (χ4n) is 22.7. The number of Topliss-reactive ketones (excluding diaryl/α,β-unsaturated/α-hetero) is 1. The molecule has 16 fully saturated rings. The van der Waals surface area contributed by atoms with E-state index in [-0.39, 0.29) is 99.0 Å². The number of alkyl halides is 2. The van der Waals surface area contributed by atoms with Crippen molar-refractivity contribution < 1.29 is 98.7 Å². The molecule has 0 aromatic heterocycles. The number of hydrogen-bond acceptors (Lipinski definition) is 19. The second kappa shape index (κ2) is 43.6. The molecule has 14 bridgehead atoms. The minimum absolute atomic E-state index is 0.0146. The maximum Gasteiger partial charge on any atom is 0.337 e. The molecular weight excluding hydrogens is 1650 g/mol. The number of nitrogens with zero attached hydrogens (tertiary/aromatic N) is 1. The van der Waals surface area contributed by atoms with E-state index in [9.17, 15) is 60.4 Å². The third kappa shape index (κ3) is 25.1. The molecule has 10 atom stereocenters. The Morgan fingerprint density at radius 1 is 0.571 bits per heavy atom. The van der Waals surface area contributed by atoms with Gasteiger partial charge >= 0.3 is 41.1 Å². The van der Waals surface area contributed by atoms with E-state index in [1.54, 1.807) is 13.8 Å². The van der Waals surface area contributed by atoms with Gasteiger partial charge in [-0.05, 0) is 280 Å². The van der Waals surface area contributed by atoms with Gasteiger partial charge in [0.15, 0.2) is 37.0 Å². The zero-order valence-electron chi connectivity index (χ0n) is 78.5. The summed E-state index contributed by atoms with van der Waals surface area (Å²) in [6.45, 7) is 33.5. The van der Waals surface area contributed by atoms with Crippen LogP contribution in [0.4, 0.5) is 8.78 Å². The summed E-state index contributed by atoms with van der Waals surface area (Å²) in [5.41, 5.74) is -3.71. The second-order valence-electron chi connectivity index (χ2n) is 42.1. The number of rotatable bonds is 31. The van der Waals surface area contributed by atoms with Crippen molar-refractivity contribution in [1.82, 2.24) is 4.90 Å². The number of aliphatic carboxylic acids is 1. The molecule has 24 heteroatoms. The second-order valence-corrected chi connectivity index (χ2v) is 45.6. The quantitative estimate of drug-likeness (QED) is 0.0199. The number of carbonyl (C=O) groups excluding carboxylic acids is 6. The summed E-state index contributed by atoms with van der Waals surface area (Å²) < 4.78 is 99.8. The molecule has 19 rings (SSSR count). The SMILES string of the molecule is CC(C12CC3CC(C1)C(=O)C(C3)C2)C(F)(F)S(=O)(=O)[O-].CCC(C)(C)C(=O)O.CCC(C)(C)C(=O)OC1(CC)C2CC3CC(C2)CC1C3.CCC(C)(C)C(=O)OC12CC3CC(CC(O)(C3)C1)C2.CCC(C)(C)C(=O)OC1C2CC3C(=O)OC1C3O2.CCCCCCCCCCCC(=O)OCCN1CCOCC1.c1ccc([S+](c2ccccc2)c2ccccc2)cc1. The predicted octanol–water partition coefficient (Wildman–Crippen LogP) is 20.9. The summed E-state index contributed by atoms with van der Waals surface area (Å²) in [4.78, 5) is 88.9. The summed E-state index contributed by atoms with van der Waals surface area (Å²) in [5.74, 6) is 1.27. The molecule has 4 heterocycles. The number of benzene rings is 3. The smallest absolute Gasteiger partial charge is 0.337 e. The van der Waals surface area contributed by atoms with Crippen molar-refractivity contribution in [1.29, 1.82) is 0 Å². The first kappa shape index (κ1) is 102. The summed E-state index contributed by atoms with van der Waals surface area (Å²) >= 11 is 0. The Hall–Kier alpha value is -5.89. The molecule has 3 aromatic carbocycles. The summed E-state index contributed by atoms with van der Waals surface area (Å²) in [5, 5.41) is 14.8. The van der Waals surface area contributed by atoms with Gasteiger partial charge in [0.2, 0.25) is 0 Å². The number of carboxylic acids is 1. The summed E-state index contributed by atoms with van der Waals surface area (Å²) in [6.07, 6.45) is 30.5. The van der Waals surface area contributed by atoms with Gasteiger partial charge in [-0.3, -0.25) is 38.5 Å². The normalized spacial score (nSPS) is 31.1. The minimum Gasteiger partial charge on any atom is -0.743 e. The molecular formula is C102H153F2NO19S2. The number of unbranched alkanes of at least 4 members (excludes halogenated alkanes) is 8. The predicted molar refractivity (Wildman–Crippen MR) is 481 cm³/mol. The Morgan fingerprint density at radius 3 is 1.48 bits per heavy atom. The lowest BCUT2D eigenvalue weighted by molar-refractivity contribution is -0.225. The number of morpholine rings is 1. The van der Waals surface area contributed by atoms with Crippen molar-refractivity contribution in [3.05, 3.63) is 91.0 Å². The van der Waals surface area contributed by atoms with Gasteiger partial charge in [-0.1, -0.05) is 154 Å². The first-order valence-corrected chi connectivity index (χ1v) is 50.8. The Balaban J connectivity index is 0.000000155. The van der Waals surface area contributed by atoms with E-state index in [1.807, 2.05) is 62.3 Å². The van der Waals surface area contributed by atoms with Gasteiger partial charge in [0.1, 0.15) is 29.7 Å². The maximum absolute atomic E-state index is 13.9. The molecule has 12 aliphatic carbocycles. The van der Waals surface area contributed by atoms with Crippen molar-refractivity contribution >= 4 is 62.6 Å². The lowest BCUT2D eigenvalue weighted by Crippen LogP contribution is -2.61. The number of hydrogen-bond donors (Lipinski definition) is 2. The van der Waals surface area contributed by atoms with Crippen molar-refractivity contribution in [3.8, 4) is 0 Å². The van der Waals surface area contributed by atoms with E-state index < -0.39 is 66.7 Å². The van der Waals surface area contributed by atoms with Crippen LogP contribution in [0.2, 0.25) is 0 Å². The lowest BCUT2D eigenvalue weighted by Gasteiger charge is -2.60. The number of carboxylic acid groups (broad SMARTS) is 1. The fraction of sp³-hybridized carbons (Fsp3) is 0.755. The first-order chi connectivity index (χ1) is 59.5. The van der Waals surface area contributed by atoms with Gasteiger partial charge in [-0.2, -0.15) is 8.78 Å². The minimum atomic E-state index is -5.68. The fourth-order valence-corrected chi connectivity index (χ4v) is 25.5. The van der Waals surface area contributed by atoms with E-state index >= 15 is 0 Å². The number of carbonyl (C=O) groups is 7. The molecule has 12 saturated carbocycles. The van der Waals surface area contributed by atoms with Crippen LogP contribution in [0.15, 0.2) is 106 Å². The van der Waals surface area contributed by atoms with Crippen molar-refractivity contribution in [3.63, 3.8) is 0 Å². The monoisotopic (exact) mass is 1800 g/mol. The highest BCUT2D eigenvalue weighted by molar-refractivity contribution is 7.97. The van der Waals surface area contributed by atoms with Crippen LogP contribution in [0.25, 0.3) is 0 Å². The van der Waals surface area contributed by atoms with Crippen LogP contribution in [-0.4, -0.2) is 156 Å². The topological polar surface area (TPSA) is 285 Å². The molecule has 126 heavy (non-hydrogen) atoms. The molecule has 3 aromatic rings. The highest BCUT2D eigenvalue weighted by atomic mass is 32.2. The van der Waals surface area contributed by atoms with Crippen LogP contribution < -0.4 is 0 Å². The van der Waals surface area contributed by atoms with Crippen LogP contribution in [0.5, 0.6) is 0 Å². The lowest BCUT2D eigenvalue weighted by atomic mass is 9.46. The zero-order valence-corrected chi connectivity index (χ0v) is 80.2. The van der Waals surface area contributed by atoms with E-state index in [4.69, 9.17) is 38.3 Å². The molecule has 0 amide bonds. The van der Waals surface area contributed by atoms with Gasteiger partial charge in [-0.15, -0.1) is 0 Å². The van der Waals surface area contributed by atoms with Crippen LogP contribution in [0.1, 0.15) is 309 Å². The third-order valence-electron chi connectivity index (χ3n) is 31.4. The third-order valence-corrected chi connectivity index (χ3v) is 34.7. The number of halogens is 2. The van der Waals surface area contributed by atoms with Crippen LogP contribution in [0.3, 0.4) is 0 Å². The number of esters is 5. The van der Waals surface area contributed by atoms with Crippen LogP contribution in [0, 0.1) is 92.2 Å². The molecule has 10 unspecified atom stereocenters. The molecule has 2 N–H and O–H groups in total. The van der Waals surface area contributed by atoms with Crippen molar-refractivity contribution in [2.45, 2.75) is 370 Å². The Morgan fingerprint density at radius 2 is 1.03 bits per heavy atom. The number of fused-ring (bicyclic) bond motifs is 1. The number of aliphatic hydroxyl groups is 1. The highest BCUT2D eigenvalue weighted by Crippen LogP contribution is 2.65. The van der Waals surface area contributed by atoms with Crippen LogP contribution >= 0.6 is 0 Å². The largest absolute Gasteiger partial charge is 0.743 e. The van der Waals surface area contributed by atoms with Crippen molar-refractivity contribution in [2.75, 3.05) is 39.5 Å². The Kier molecular flexibility index (Phi) is 35.4. The molecule has 4 saturated heterocycles. The van der Waals surface area contributed by atoms with E-state index in [0.29, 0.717) is 81.6 Å². The molecule has 16 aliphatic rings. The van der Waals surface area contributed by atoms with E-state index in [1.165, 1.54) is 98.2 Å². The van der Waals surface area contributed by atoms with Gasteiger partial charge in [0.25, 0.3) is 0 Å². The highest BCUT2D eigenvalue weighted by Gasteiger charge is 2.67. The van der Waals surface area contributed by atoms with E-state index in [2.05, 4.69) is 117 Å². The molecule has 706 valence electrons. The average Bonchev–Trinajstić information content (AvgIpc) is 0.968. The average molecular weight is 1800 g/mol. The van der Waals surface area contributed by atoms with Gasteiger partial charge in [0.05, 0.1) is 63.4 Å². The Bertz CT molecular complexity index is 4020. The first-order valence-electron chi connectivity index (χ1n) is 48.2. The maximum atomic E-state index is 13.9. The van der Waals surface area contributed by atoms with Gasteiger partial charge in [0, 0.05) is 50.2 Å². The Labute approximate surface area is 754 Å². The van der Waals surface area contributed by atoms with Gasteiger partial charge < -0.3 is 47.9 Å². The zero-order chi connectivity index (χ0) is 92.0. The summed E-state index contributed by atoms with van der Waals surface area (Å²) in [6, 6.07) is 32.2. The van der Waals surface area contributed by atoms with Crippen molar-refractivity contribution in [2.24, 2.45) is 92.2 Å². The molecule has 20 nitrogen and oxygen atoms in total. The van der Waals surface area contributed by atoms with Crippen LogP contribution in [-0.2, 0) is 87.7 Å². The van der Waals surface area contributed by atoms with E-state index in [0.717, 1.165) is 122 Å². The molecule has 4 aliphatic heterocycles. The molecule has 0 spiro atoms. The van der Waals surface area contributed by atoms with Gasteiger partial charge in [-0.25, -0.2) is 8.42 Å². The standard InChI is InChI=1S/C18H35NO3.C18H30O2.C18H15S.C16H26O3.C13H18F2O4S.C13H18O5.C6H12O2/c1-2-3-4-5-6-7-8-9-10-11-18(20)22-17-14-19-12-15-21-16-13-19;1-5-17(3,4)16(19)20-18(6-2)14-8-12-7-13(10-14)11-15(18)9-12;1-4-10-16(11-5-1)19(17-12-6-2-7-13-17)18-14-8-3-9-15-18;1-4-14(2,3)13(17)19-16-8-11-5-12(9-16)7-15(18,6-11)10-16;1-7(13(14,15)20(17,18)19)12-4-8-2-9(5-12)11(16)10(3-8)6-12;1-4-13(2,3)12(15)18-9-7-5-6-8(16-7)10(9)17-11(6)14;1-4-6(2,3)5(7)8/h2-17H2,1H3;12-15H,5-11H2,1-4H3;1-15H;11-12,18H,4-10H2,1-3H3;7-10H,2-6H2,1H3,(H,17,18,19);6-10H,4-5H2,1-3H3;4H2,1-3H3,(H,7,8)/q;;+1;;;;/p-1. The number of ether oxygens (including phenoxy) is 7. The molecule has 0 radical (unpaired) electrons. The summed E-state index contributed by atoms with van der Waals surface area (Å²) in [7, 11) is -5.69.